The van der Waals surface area contributed by atoms with Crippen LogP contribution in [-0.2, 0) is 14.8 Å². The topological polar surface area (TPSA) is 69.7 Å². The largest absolute Gasteiger partial charge is 0.354 e. The Morgan fingerprint density at radius 1 is 1.07 bits per heavy atom. The number of hydrogen-bond donors (Lipinski definition) is 1. The molecule has 8 heteroatoms. The first-order valence-electron chi connectivity index (χ1n) is 10.2. The van der Waals surface area contributed by atoms with Gasteiger partial charge in [-0.2, -0.15) is 0 Å². The Bertz CT molecular complexity index is 941. The van der Waals surface area contributed by atoms with Gasteiger partial charge >= 0.3 is 0 Å². The molecule has 1 N–H and O–H groups in total. The third-order valence-corrected chi connectivity index (χ3v) is 7.22. The molecular weight excluding hydrogens is 422 g/mol. The fourth-order valence-corrected chi connectivity index (χ4v) is 5.03. The maximum absolute atomic E-state index is 13.3. The minimum Gasteiger partial charge on any atom is -0.354 e. The number of likely N-dealkylation sites (tertiary alicyclic amines) is 1. The van der Waals surface area contributed by atoms with Crippen LogP contribution in [0, 0.1) is 6.92 Å². The van der Waals surface area contributed by atoms with Gasteiger partial charge in [0.15, 0.2) is 0 Å². The van der Waals surface area contributed by atoms with E-state index in [1.807, 2.05) is 6.92 Å². The summed E-state index contributed by atoms with van der Waals surface area (Å²) in [5.41, 5.74) is 1.36. The van der Waals surface area contributed by atoms with Crippen LogP contribution in [0.5, 0.6) is 0 Å². The zero-order valence-corrected chi connectivity index (χ0v) is 18.8. The van der Waals surface area contributed by atoms with E-state index in [1.54, 1.807) is 48.5 Å². The Kier molecular flexibility index (Phi) is 7.75. The highest BCUT2D eigenvalue weighted by Gasteiger charge is 2.27. The summed E-state index contributed by atoms with van der Waals surface area (Å²) in [7, 11) is -3.90. The first-order chi connectivity index (χ1) is 14.4. The Morgan fingerprint density at radius 3 is 2.33 bits per heavy atom. The van der Waals surface area contributed by atoms with Crippen LogP contribution in [0.15, 0.2) is 53.4 Å². The van der Waals surface area contributed by atoms with E-state index in [0.717, 1.165) is 35.9 Å². The highest BCUT2D eigenvalue weighted by molar-refractivity contribution is 7.92. The Balaban J connectivity index is 1.70. The van der Waals surface area contributed by atoms with Gasteiger partial charge in [-0.3, -0.25) is 9.10 Å². The van der Waals surface area contributed by atoms with E-state index in [-0.39, 0.29) is 17.3 Å². The number of carbonyl (C=O) groups is 1. The Hall–Kier alpha value is -2.09. The lowest BCUT2D eigenvalue weighted by Gasteiger charge is -2.24. The number of hydrogen-bond acceptors (Lipinski definition) is 4. The summed E-state index contributed by atoms with van der Waals surface area (Å²) in [6.07, 6.45) is 3.32. The van der Waals surface area contributed by atoms with E-state index < -0.39 is 10.0 Å². The van der Waals surface area contributed by atoms with E-state index in [4.69, 9.17) is 11.6 Å². The average molecular weight is 450 g/mol. The molecule has 0 spiro atoms. The van der Waals surface area contributed by atoms with Gasteiger partial charge < -0.3 is 10.2 Å². The number of amides is 1. The zero-order valence-electron chi connectivity index (χ0n) is 17.2. The second kappa shape index (κ2) is 10.3. The summed E-state index contributed by atoms with van der Waals surface area (Å²) in [5, 5.41) is 3.35. The monoisotopic (exact) mass is 449 g/mol. The fourth-order valence-electron chi connectivity index (χ4n) is 3.48. The van der Waals surface area contributed by atoms with Gasteiger partial charge in [0, 0.05) is 11.6 Å². The van der Waals surface area contributed by atoms with Crippen LogP contribution in [0.3, 0.4) is 0 Å². The average Bonchev–Trinajstić information content (AvgIpc) is 3.24. The molecule has 1 amide bonds. The standard InChI is InChI=1S/C22H28ClN3O3S/c1-18-5-11-21(12-6-18)30(28,29)26(20-9-7-19(23)8-10-20)17-22(27)24-13-4-16-25-14-2-3-15-25/h5-12H,2-4,13-17H2,1H3,(H,24,27). The normalized spacial score (nSPS) is 14.6. The van der Waals surface area contributed by atoms with Gasteiger partial charge in [-0.15, -0.1) is 0 Å². The number of nitrogens with zero attached hydrogens (tertiary/aromatic N) is 2. The lowest BCUT2D eigenvalue weighted by molar-refractivity contribution is -0.119. The molecule has 0 aliphatic carbocycles. The lowest BCUT2D eigenvalue weighted by atomic mass is 10.2. The molecule has 0 unspecified atom stereocenters. The predicted octanol–water partition coefficient (Wildman–Crippen LogP) is 3.45. The summed E-state index contributed by atoms with van der Waals surface area (Å²) in [6, 6.07) is 13.0. The molecule has 2 aromatic carbocycles. The van der Waals surface area contributed by atoms with Crippen LogP contribution in [0.1, 0.15) is 24.8 Å². The molecule has 1 aliphatic rings. The lowest BCUT2D eigenvalue weighted by Crippen LogP contribution is -2.41. The number of anilines is 1. The van der Waals surface area contributed by atoms with Crippen LogP contribution < -0.4 is 9.62 Å². The maximum atomic E-state index is 13.3. The maximum Gasteiger partial charge on any atom is 0.264 e. The summed E-state index contributed by atoms with van der Waals surface area (Å²) < 4.78 is 27.7. The molecule has 1 heterocycles. The predicted molar refractivity (Wildman–Crippen MR) is 120 cm³/mol. The third-order valence-electron chi connectivity index (χ3n) is 5.18. The van der Waals surface area contributed by atoms with Gasteiger partial charge in [-0.05, 0) is 82.2 Å². The second-order valence-corrected chi connectivity index (χ2v) is 9.85. The summed E-state index contributed by atoms with van der Waals surface area (Å²) >= 11 is 5.96. The SMILES string of the molecule is Cc1ccc(S(=O)(=O)N(CC(=O)NCCCN2CCCC2)c2ccc(Cl)cc2)cc1. The van der Waals surface area contributed by atoms with Crippen molar-refractivity contribution >= 4 is 33.2 Å². The van der Waals surface area contributed by atoms with Gasteiger partial charge in [0.1, 0.15) is 6.54 Å². The van der Waals surface area contributed by atoms with Crippen molar-refractivity contribution in [1.82, 2.24) is 10.2 Å². The molecule has 162 valence electrons. The van der Waals surface area contributed by atoms with E-state index >= 15 is 0 Å². The van der Waals surface area contributed by atoms with Crippen molar-refractivity contribution in [1.29, 1.82) is 0 Å². The van der Waals surface area contributed by atoms with Gasteiger partial charge in [0.25, 0.3) is 10.0 Å². The highest BCUT2D eigenvalue weighted by Crippen LogP contribution is 2.25. The first-order valence-corrected chi connectivity index (χ1v) is 12.0. The molecule has 1 aliphatic heterocycles. The first kappa shape index (κ1) is 22.6. The van der Waals surface area contributed by atoms with Crippen molar-refractivity contribution in [3.63, 3.8) is 0 Å². The molecule has 6 nitrogen and oxygen atoms in total. The Morgan fingerprint density at radius 2 is 1.70 bits per heavy atom. The minimum atomic E-state index is -3.90. The van der Waals surface area contributed by atoms with Crippen molar-refractivity contribution in [2.75, 3.05) is 37.0 Å². The molecular formula is C22H28ClN3O3S. The van der Waals surface area contributed by atoms with E-state index in [9.17, 15) is 13.2 Å². The molecule has 0 atom stereocenters. The van der Waals surface area contributed by atoms with E-state index in [2.05, 4.69) is 10.2 Å². The number of halogens is 1. The van der Waals surface area contributed by atoms with Crippen LogP contribution in [0.2, 0.25) is 5.02 Å². The van der Waals surface area contributed by atoms with Crippen LogP contribution in [-0.4, -0.2) is 51.9 Å². The third kappa shape index (κ3) is 5.97. The molecule has 1 fully saturated rings. The quantitative estimate of drug-likeness (QED) is 0.595. The van der Waals surface area contributed by atoms with Crippen LogP contribution >= 0.6 is 11.6 Å². The number of nitrogens with one attached hydrogen (secondary N) is 1. The smallest absolute Gasteiger partial charge is 0.264 e. The Labute approximate surface area is 183 Å². The summed E-state index contributed by atoms with van der Waals surface area (Å²) in [6.45, 7) is 5.31. The second-order valence-electron chi connectivity index (χ2n) is 7.55. The van der Waals surface area contributed by atoms with Crippen LogP contribution in [0.4, 0.5) is 5.69 Å². The highest BCUT2D eigenvalue weighted by atomic mass is 35.5. The minimum absolute atomic E-state index is 0.143. The van der Waals surface area contributed by atoms with E-state index in [1.165, 1.54) is 12.8 Å². The summed E-state index contributed by atoms with van der Waals surface area (Å²) in [4.78, 5) is 15.1. The molecule has 2 aromatic rings. The van der Waals surface area contributed by atoms with Crippen molar-refractivity contribution in [3.8, 4) is 0 Å². The van der Waals surface area contributed by atoms with Crippen molar-refractivity contribution in [2.45, 2.75) is 31.1 Å². The number of carbonyl (C=O) groups excluding carboxylic acids is 1. The molecule has 0 radical (unpaired) electrons. The molecule has 30 heavy (non-hydrogen) atoms. The number of benzene rings is 2. The van der Waals surface area contributed by atoms with Gasteiger partial charge in [-0.1, -0.05) is 29.3 Å². The van der Waals surface area contributed by atoms with Crippen LogP contribution in [0.25, 0.3) is 0 Å². The molecule has 3 rings (SSSR count). The molecule has 0 bridgehead atoms. The number of aryl methyl sites for hydroxylation is 1. The molecule has 0 aromatic heterocycles. The van der Waals surface area contributed by atoms with E-state index in [0.29, 0.717) is 17.3 Å². The number of rotatable bonds is 9. The van der Waals surface area contributed by atoms with Gasteiger partial charge in [-0.25, -0.2) is 8.42 Å². The van der Waals surface area contributed by atoms with Gasteiger partial charge in [0.05, 0.1) is 10.6 Å². The fraction of sp³-hybridized carbons (Fsp3) is 0.409. The van der Waals surface area contributed by atoms with Crippen molar-refractivity contribution in [3.05, 3.63) is 59.1 Å². The van der Waals surface area contributed by atoms with Gasteiger partial charge in [0.2, 0.25) is 5.91 Å². The van der Waals surface area contributed by atoms with Crippen molar-refractivity contribution < 1.29 is 13.2 Å². The van der Waals surface area contributed by atoms with Crippen molar-refractivity contribution in [2.24, 2.45) is 0 Å². The summed E-state index contributed by atoms with van der Waals surface area (Å²) in [5.74, 6) is -0.331. The molecule has 1 saturated heterocycles. The molecule has 0 saturated carbocycles. The number of sulfonamides is 1. The zero-order chi connectivity index (χ0) is 21.6.